The van der Waals surface area contributed by atoms with Gasteiger partial charge in [-0.25, -0.2) is 0 Å². The highest BCUT2D eigenvalue weighted by atomic mass is 32.2. The predicted octanol–water partition coefficient (Wildman–Crippen LogP) is 1.81. The van der Waals surface area contributed by atoms with Crippen molar-refractivity contribution in [2.75, 3.05) is 12.3 Å². The smallest absolute Gasteiger partial charge is 0.303 e. The number of thioether (sulfide) groups is 1. The third-order valence-electron chi connectivity index (χ3n) is 1.93. The van der Waals surface area contributed by atoms with Crippen molar-refractivity contribution in [3.8, 4) is 0 Å². The molecule has 0 heterocycles. The van der Waals surface area contributed by atoms with Gasteiger partial charge < -0.3 is 15.9 Å². The first kappa shape index (κ1) is 17.5. The number of carboxylic acid groups (broad SMARTS) is 2. The minimum atomic E-state index is -1.08. The Balaban J connectivity index is 0.000000362. The summed E-state index contributed by atoms with van der Waals surface area (Å²) in [6, 6.07) is 10.5. The lowest BCUT2D eigenvalue weighted by Gasteiger charge is -1.98. The van der Waals surface area contributed by atoms with Crippen LogP contribution in [0.5, 0.6) is 0 Å². The maximum Gasteiger partial charge on any atom is 0.303 e. The monoisotopic (exact) mass is 285 g/mol. The number of benzene rings is 1. The lowest BCUT2D eigenvalue weighted by Crippen LogP contribution is -2.01. The largest absolute Gasteiger partial charge is 0.481 e. The molecule has 1 aromatic carbocycles. The number of hydrogen-bond acceptors (Lipinski definition) is 4. The molecule has 5 nitrogen and oxygen atoms in total. The molecule has 1 aromatic rings. The van der Waals surface area contributed by atoms with Crippen molar-refractivity contribution in [1.82, 2.24) is 0 Å². The van der Waals surface area contributed by atoms with Crippen LogP contribution in [0.3, 0.4) is 0 Å². The summed E-state index contributed by atoms with van der Waals surface area (Å²) in [6.07, 6.45) is -0.593. The molecule has 0 atom stereocenters. The van der Waals surface area contributed by atoms with E-state index >= 15 is 0 Å². The standard InChI is InChI=1S/C9H13NS.C4H6O4/c10-6-7-11-8-9-4-2-1-3-5-9;5-3(6)1-2-4(7)8/h1-5H,6-8,10H2;1-2H2,(H,5,6)(H,7,8). The zero-order valence-corrected chi connectivity index (χ0v) is 11.4. The average Bonchev–Trinajstić information content (AvgIpc) is 2.39. The summed E-state index contributed by atoms with van der Waals surface area (Å²) in [5.41, 5.74) is 6.75. The molecule has 4 N–H and O–H groups in total. The number of rotatable bonds is 7. The topological polar surface area (TPSA) is 101 Å². The SMILES string of the molecule is NCCSCc1ccccc1.O=C(O)CCC(=O)O. The molecule has 0 aromatic heterocycles. The summed E-state index contributed by atoms with van der Waals surface area (Å²) in [4.78, 5) is 19.3. The van der Waals surface area contributed by atoms with Crippen LogP contribution in [0.4, 0.5) is 0 Å². The Bertz CT molecular complexity index is 356. The maximum atomic E-state index is 9.64. The first-order valence-corrected chi connectivity index (χ1v) is 6.97. The van der Waals surface area contributed by atoms with E-state index in [0.717, 1.165) is 18.1 Å². The number of hydrogen-bond donors (Lipinski definition) is 3. The Labute approximate surface area is 116 Å². The van der Waals surface area contributed by atoms with Crippen molar-refractivity contribution in [2.24, 2.45) is 5.73 Å². The Morgan fingerprint density at radius 1 is 1.05 bits per heavy atom. The van der Waals surface area contributed by atoms with E-state index in [1.807, 2.05) is 17.8 Å². The van der Waals surface area contributed by atoms with Gasteiger partial charge in [-0.05, 0) is 5.56 Å². The Hall–Kier alpha value is -1.53. The molecule has 0 bridgehead atoms. The molecule has 0 unspecified atom stereocenters. The van der Waals surface area contributed by atoms with Gasteiger partial charge in [0.2, 0.25) is 0 Å². The van der Waals surface area contributed by atoms with E-state index in [1.165, 1.54) is 5.56 Å². The average molecular weight is 285 g/mol. The highest BCUT2D eigenvalue weighted by molar-refractivity contribution is 7.98. The molecule has 106 valence electrons. The molecule has 0 radical (unpaired) electrons. The summed E-state index contributed by atoms with van der Waals surface area (Å²) < 4.78 is 0. The van der Waals surface area contributed by atoms with Gasteiger partial charge in [-0.3, -0.25) is 9.59 Å². The highest BCUT2D eigenvalue weighted by Gasteiger charge is 2.00. The van der Waals surface area contributed by atoms with Gasteiger partial charge >= 0.3 is 11.9 Å². The van der Waals surface area contributed by atoms with Crippen molar-refractivity contribution in [1.29, 1.82) is 0 Å². The number of carbonyl (C=O) groups is 2. The van der Waals surface area contributed by atoms with Gasteiger partial charge in [-0.1, -0.05) is 30.3 Å². The second-order valence-corrected chi connectivity index (χ2v) is 4.72. The van der Waals surface area contributed by atoms with Gasteiger partial charge in [0.1, 0.15) is 0 Å². The highest BCUT2D eigenvalue weighted by Crippen LogP contribution is 2.09. The van der Waals surface area contributed by atoms with E-state index in [2.05, 4.69) is 24.3 Å². The van der Waals surface area contributed by atoms with Crippen molar-refractivity contribution in [3.63, 3.8) is 0 Å². The molecule has 6 heteroatoms. The van der Waals surface area contributed by atoms with Crippen molar-refractivity contribution in [3.05, 3.63) is 35.9 Å². The van der Waals surface area contributed by atoms with Crippen molar-refractivity contribution < 1.29 is 19.8 Å². The second-order valence-electron chi connectivity index (χ2n) is 3.61. The summed E-state index contributed by atoms with van der Waals surface area (Å²) in [5, 5.41) is 15.8. The minimum Gasteiger partial charge on any atom is -0.481 e. The molecule has 0 saturated carbocycles. The van der Waals surface area contributed by atoms with Gasteiger partial charge in [-0.2, -0.15) is 11.8 Å². The molecule has 0 spiro atoms. The fourth-order valence-electron chi connectivity index (χ4n) is 1.06. The van der Waals surface area contributed by atoms with E-state index in [0.29, 0.717) is 0 Å². The molecule has 0 fully saturated rings. The third kappa shape index (κ3) is 12.7. The summed E-state index contributed by atoms with van der Waals surface area (Å²) in [6.45, 7) is 0.775. The summed E-state index contributed by atoms with van der Waals surface area (Å²) in [5.74, 6) is -0.0211. The van der Waals surface area contributed by atoms with Gasteiger partial charge in [-0.15, -0.1) is 0 Å². The van der Waals surface area contributed by atoms with E-state index in [4.69, 9.17) is 15.9 Å². The number of carboxylic acids is 2. The Morgan fingerprint density at radius 3 is 2.00 bits per heavy atom. The zero-order chi connectivity index (χ0) is 14.5. The van der Waals surface area contributed by atoms with E-state index < -0.39 is 11.9 Å². The van der Waals surface area contributed by atoms with Gasteiger partial charge in [0.05, 0.1) is 12.8 Å². The van der Waals surface area contributed by atoms with Crippen LogP contribution in [0.25, 0.3) is 0 Å². The van der Waals surface area contributed by atoms with Gasteiger partial charge in [0.25, 0.3) is 0 Å². The molecule has 0 aliphatic heterocycles. The zero-order valence-electron chi connectivity index (χ0n) is 10.6. The fraction of sp³-hybridized carbons (Fsp3) is 0.385. The number of nitrogens with two attached hydrogens (primary N) is 1. The fourth-order valence-corrected chi connectivity index (χ4v) is 1.80. The summed E-state index contributed by atoms with van der Waals surface area (Å²) >= 11 is 1.88. The van der Waals surface area contributed by atoms with Crippen molar-refractivity contribution >= 4 is 23.7 Å². The quantitative estimate of drug-likeness (QED) is 0.661. The third-order valence-corrected chi connectivity index (χ3v) is 2.99. The molecular weight excluding hydrogens is 266 g/mol. The summed E-state index contributed by atoms with van der Waals surface area (Å²) in [7, 11) is 0. The van der Waals surface area contributed by atoms with Crippen LogP contribution in [-0.2, 0) is 15.3 Å². The van der Waals surface area contributed by atoms with Gasteiger partial charge in [0, 0.05) is 18.1 Å². The molecule has 0 saturated heterocycles. The normalized spacial score (nSPS) is 9.32. The van der Waals surface area contributed by atoms with E-state index in [9.17, 15) is 9.59 Å². The van der Waals surface area contributed by atoms with Crippen LogP contribution in [0.2, 0.25) is 0 Å². The van der Waals surface area contributed by atoms with Crippen LogP contribution >= 0.6 is 11.8 Å². The van der Waals surface area contributed by atoms with E-state index in [1.54, 1.807) is 0 Å². The molecule has 0 aliphatic carbocycles. The predicted molar refractivity (Wildman–Crippen MR) is 76.2 cm³/mol. The first-order valence-electron chi connectivity index (χ1n) is 5.81. The Morgan fingerprint density at radius 2 is 1.58 bits per heavy atom. The molecule has 0 amide bonds. The van der Waals surface area contributed by atoms with Crippen molar-refractivity contribution in [2.45, 2.75) is 18.6 Å². The van der Waals surface area contributed by atoms with Crippen LogP contribution in [0, 0.1) is 0 Å². The maximum absolute atomic E-state index is 9.64. The van der Waals surface area contributed by atoms with Crippen LogP contribution in [0.1, 0.15) is 18.4 Å². The molecular formula is C13H19NO4S. The first-order chi connectivity index (χ1) is 9.06. The molecule has 19 heavy (non-hydrogen) atoms. The lowest BCUT2D eigenvalue weighted by molar-refractivity contribution is -0.143. The van der Waals surface area contributed by atoms with Crippen LogP contribution in [0.15, 0.2) is 30.3 Å². The van der Waals surface area contributed by atoms with Gasteiger partial charge in [0.15, 0.2) is 0 Å². The second kappa shape index (κ2) is 11.6. The van der Waals surface area contributed by atoms with Crippen LogP contribution < -0.4 is 5.73 Å². The number of aliphatic carboxylic acids is 2. The lowest BCUT2D eigenvalue weighted by atomic mass is 10.2. The minimum absolute atomic E-state index is 0.296. The van der Waals surface area contributed by atoms with E-state index in [-0.39, 0.29) is 12.8 Å². The van der Waals surface area contributed by atoms with Crippen LogP contribution in [-0.4, -0.2) is 34.4 Å². The molecule has 1 rings (SSSR count). The molecule has 0 aliphatic rings. The Kier molecular flexibility index (Phi) is 10.6.